The summed E-state index contributed by atoms with van der Waals surface area (Å²) >= 11 is 0. The molecule has 0 aromatic heterocycles. The van der Waals surface area contributed by atoms with Crippen LogP contribution in [0.15, 0.2) is 36.4 Å². The number of hydrogen-bond acceptors (Lipinski definition) is 3. The lowest BCUT2D eigenvalue weighted by Gasteiger charge is -2.15. The number of likely N-dealkylation sites (N-methyl/N-ethyl adjacent to an activating group) is 1. The Morgan fingerprint density at radius 1 is 1.16 bits per heavy atom. The van der Waals surface area contributed by atoms with Gasteiger partial charge in [0.15, 0.2) is 0 Å². The largest absolute Gasteiger partial charge is 0.468 e. The van der Waals surface area contributed by atoms with Crippen LogP contribution in [0.5, 0.6) is 0 Å². The summed E-state index contributed by atoms with van der Waals surface area (Å²) in [6, 6.07) is 12.8. The third kappa shape index (κ3) is 3.55. The van der Waals surface area contributed by atoms with E-state index >= 15 is 0 Å². The minimum absolute atomic E-state index is 0.209. The summed E-state index contributed by atoms with van der Waals surface area (Å²) in [4.78, 5) is 13.1. The lowest BCUT2D eigenvalue weighted by molar-refractivity contribution is -0.141. The number of aryl methyl sites for hydroxylation is 1. The second-order valence-electron chi connectivity index (χ2n) is 4.93. The fourth-order valence-electron chi connectivity index (χ4n) is 2.17. The molecule has 0 fully saturated rings. The molecule has 0 atom stereocenters. The highest BCUT2D eigenvalue weighted by atomic mass is 16.5. The first-order valence-electron chi connectivity index (χ1n) is 6.33. The molecular formula is C16H19NO2. The zero-order valence-electron chi connectivity index (χ0n) is 11.6. The van der Waals surface area contributed by atoms with Crippen LogP contribution in [0.4, 0.5) is 0 Å². The van der Waals surface area contributed by atoms with Gasteiger partial charge in [-0.25, -0.2) is 0 Å². The molecule has 19 heavy (non-hydrogen) atoms. The number of esters is 1. The number of nitrogens with zero attached hydrogens (tertiary/aromatic N) is 1. The van der Waals surface area contributed by atoms with Crippen molar-refractivity contribution in [3.8, 4) is 0 Å². The topological polar surface area (TPSA) is 29.5 Å². The number of rotatable bonds is 4. The number of hydrogen-bond donors (Lipinski definition) is 0. The number of carbonyl (C=O) groups excluding carboxylic acids is 1. The molecule has 2 rings (SSSR count). The summed E-state index contributed by atoms with van der Waals surface area (Å²) in [5.74, 6) is -0.209. The molecule has 0 aliphatic carbocycles. The molecule has 0 spiro atoms. The SMILES string of the molecule is COC(=O)CN(C)Cc1ccc2cc(C)ccc2c1. The number of benzene rings is 2. The minimum atomic E-state index is -0.209. The predicted octanol–water partition coefficient (Wildman–Crippen LogP) is 2.75. The number of carbonyl (C=O) groups is 1. The van der Waals surface area contributed by atoms with Crippen molar-refractivity contribution in [1.29, 1.82) is 0 Å². The maximum atomic E-state index is 11.2. The zero-order valence-corrected chi connectivity index (χ0v) is 11.6. The number of fused-ring (bicyclic) bond motifs is 1. The van der Waals surface area contributed by atoms with Crippen molar-refractivity contribution in [2.45, 2.75) is 13.5 Å². The Morgan fingerprint density at radius 3 is 2.58 bits per heavy atom. The van der Waals surface area contributed by atoms with Gasteiger partial charge >= 0.3 is 5.97 Å². The minimum Gasteiger partial charge on any atom is -0.468 e. The molecule has 3 heteroatoms. The van der Waals surface area contributed by atoms with Gasteiger partial charge in [-0.15, -0.1) is 0 Å². The maximum Gasteiger partial charge on any atom is 0.319 e. The maximum absolute atomic E-state index is 11.2. The van der Waals surface area contributed by atoms with Gasteiger partial charge < -0.3 is 4.74 Å². The summed E-state index contributed by atoms with van der Waals surface area (Å²) < 4.78 is 4.66. The second-order valence-corrected chi connectivity index (χ2v) is 4.93. The van der Waals surface area contributed by atoms with Crippen LogP contribution in [-0.4, -0.2) is 31.6 Å². The molecular weight excluding hydrogens is 238 g/mol. The van der Waals surface area contributed by atoms with Crippen molar-refractivity contribution >= 4 is 16.7 Å². The lowest BCUT2D eigenvalue weighted by Crippen LogP contribution is -2.26. The number of ether oxygens (including phenoxy) is 1. The van der Waals surface area contributed by atoms with Crippen molar-refractivity contribution in [1.82, 2.24) is 4.90 Å². The van der Waals surface area contributed by atoms with Gasteiger partial charge in [0.05, 0.1) is 13.7 Å². The van der Waals surface area contributed by atoms with Gasteiger partial charge in [-0.2, -0.15) is 0 Å². The van der Waals surface area contributed by atoms with E-state index in [-0.39, 0.29) is 5.97 Å². The summed E-state index contributed by atoms with van der Waals surface area (Å²) in [6.07, 6.45) is 0. The van der Waals surface area contributed by atoms with E-state index in [0.29, 0.717) is 6.54 Å². The van der Waals surface area contributed by atoms with Crippen molar-refractivity contribution < 1.29 is 9.53 Å². The van der Waals surface area contributed by atoms with E-state index in [1.807, 2.05) is 11.9 Å². The molecule has 100 valence electrons. The van der Waals surface area contributed by atoms with Gasteiger partial charge in [0.25, 0.3) is 0 Å². The van der Waals surface area contributed by atoms with E-state index in [0.717, 1.165) is 6.54 Å². The van der Waals surface area contributed by atoms with E-state index in [1.54, 1.807) is 0 Å². The zero-order chi connectivity index (χ0) is 13.8. The Kier molecular flexibility index (Phi) is 4.17. The van der Waals surface area contributed by atoms with Crippen LogP contribution in [0.25, 0.3) is 10.8 Å². The van der Waals surface area contributed by atoms with Crippen LogP contribution in [-0.2, 0) is 16.1 Å². The third-order valence-electron chi connectivity index (χ3n) is 3.14. The standard InChI is InChI=1S/C16H19NO2/c1-12-4-6-15-9-13(5-7-14(15)8-12)10-17(2)11-16(18)19-3/h4-9H,10-11H2,1-3H3. The van der Waals surface area contributed by atoms with Crippen molar-refractivity contribution in [2.75, 3.05) is 20.7 Å². The fourth-order valence-corrected chi connectivity index (χ4v) is 2.17. The Morgan fingerprint density at radius 2 is 1.84 bits per heavy atom. The Bertz CT molecular complexity index is 592. The first kappa shape index (κ1) is 13.6. The van der Waals surface area contributed by atoms with Gasteiger partial charge in [0.1, 0.15) is 0 Å². The lowest BCUT2D eigenvalue weighted by atomic mass is 10.0. The first-order chi connectivity index (χ1) is 9.08. The molecule has 0 amide bonds. The van der Waals surface area contributed by atoms with Gasteiger partial charge in [0, 0.05) is 6.54 Å². The molecule has 0 saturated carbocycles. The molecule has 0 aliphatic rings. The van der Waals surface area contributed by atoms with Crippen LogP contribution in [0.1, 0.15) is 11.1 Å². The van der Waals surface area contributed by atoms with Crippen molar-refractivity contribution in [2.24, 2.45) is 0 Å². The molecule has 2 aromatic rings. The van der Waals surface area contributed by atoms with E-state index in [9.17, 15) is 4.79 Å². The smallest absolute Gasteiger partial charge is 0.319 e. The molecule has 0 radical (unpaired) electrons. The van der Waals surface area contributed by atoms with Crippen molar-refractivity contribution in [3.05, 3.63) is 47.5 Å². The molecule has 0 N–H and O–H groups in total. The molecule has 0 saturated heterocycles. The third-order valence-corrected chi connectivity index (χ3v) is 3.14. The van der Waals surface area contributed by atoms with Gasteiger partial charge in [-0.3, -0.25) is 9.69 Å². The molecule has 0 aliphatic heterocycles. The van der Waals surface area contributed by atoms with E-state index < -0.39 is 0 Å². The molecule has 2 aromatic carbocycles. The monoisotopic (exact) mass is 257 g/mol. The molecule has 0 unspecified atom stereocenters. The van der Waals surface area contributed by atoms with Crippen LogP contribution in [0, 0.1) is 6.92 Å². The number of methoxy groups -OCH3 is 1. The predicted molar refractivity (Wildman–Crippen MR) is 77.0 cm³/mol. The fraction of sp³-hybridized carbons (Fsp3) is 0.312. The summed E-state index contributed by atoms with van der Waals surface area (Å²) in [5, 5.41) is 2.48. The highest BCUT2D eigenvalue weighted by Crippen LogP contribution is 2.18. The van der Waals surface area contributed by atoms with Crippen LogP contribution in [0.3, 0.4) is 0 Å². The highest BCUT2D eigenvalue weighted by molar-refractivity contribution is 5.83. The van der Waals surface area contributed by atoms with Crippen molar-refractivity contribution in [3.63, 3.8) is 0 Å². The highest BCUT2D eigenvalue weighted by Gasteiger charge is 2.07. The average molecular weight is 257 g/mol. The normalized spacial score (nSPS) is 10.9. The Labute approximate surface area is 113 Å². The summed E-state index contributed by atoms with van der Waals surface area (Å²) in [7, 11) is 3.32. The van der Waals surface area contributed by atoms with Crippen LogP contribution < -0.4 is 0 Å². The Hall–Kier alpha value is -1.87. The van der Waals surface area contributed by atoms with E-state index in [4.69, 9.17) is 0 Å². The molecule has 3 nitrogen and oxygen atoms in total. The van der Waals surface area contributed by atoms with Gasteiger partial charge in [-0.1, -0.05) is 35.9 Å². The summed E-state index contributed by atoms with van der Waals surface area (Å²) in [5.41, 5.74) is 2.46. The van der Waals surface area contributed by atoms with Gasteiger partial charge in [0.2, 0.25) is 0 Å². The van der Waals surface area contributed by atoms with Crippen LogP contribution in [0.2, 0.25) is 0 Å². The van der Waals surface area contributed by atoms with Gasteiger partial charge in [-0.05, 0) is 36.4 Å². The Balaban J connectivity index is 2.13. The van der Waals surface area contributed by atoms with E-state index in [1.165, 1.54) is 29.0 Å². The van der Waals surface area contributed by atoms with Crippen LogP contribution >= 0.6 is 0 Å². The summed E-state index contributed by atoms with van der Waals surface area (Å²) in [6.45, 7) is 3.14. The average Bonchev–Trinajstić information content (AvgIpc) is 2.38. The second kappa shape index (κ2) is 5.85. The molecule has 0 heterocycles. The quantitative estimate of drug-likeness (QED) is 0.789. The van der Waals surface area contributed by atoms with E-state index in [2.05, 4.69) is 48.1 Å². The molecule has 0 bridgehead atoms. The first-order valence-corrected chi connectivity index (χ1v) is 6.33.